The van der Waals surface area contributed by atoms with E-state index in [0.717, 1.165) is 18.7 Å². The molecule has 92 valence electrons. The second-order valence-corrected chi connectivity index (χ2v) is 3.61. The molecule has 0 saturated carbocycles. The third-order valence-electron chi connectivity index (χ3n) is 2.70. The number of hydrogen-bond donors (Lipinski definition) is 2. The Morgan fingerprint density at radius 2 is 1.62 bits per heavy atom. The van der Waals surface area contributed by atoms with Crippen LogP contribution < -0.4 is 16.4 Å². The van der Waals surface area contributed by atoms with Gasteiger partial charge in [-0.1, -0.05) is 12.1 Å². The molecule has 0 amide bonds. The number of anilines is 1. The van der Waals surface area contributed by atoms with Crippen LogP contribution in [0.15, 0.2) is 24.3 Å². The van der Waals surface area contributed by atoms with Crippen molar-refractivity contribution in [3.63, 3.8) is 0 Å². The van der Waals surface area contributed by atoms with Gasteiger partial charge in [0.1, 0.15) is 0 Å². The van der Waals surface area contributed by atoms with Crippen LogP contribution in [0, 0.1) is 0 Å². The highest BCUT2D eigenvalue weighted by molar-refractivity contribution is 5.85. The lowest BCUT2D eigenvalue weighted by Crippen LogP contribution is -2.23. The molecule has 0 radical (unpaired) electrons. The van der Waals surface area contributed by atoms with Gasteiger partial charge in [-0.3, -0.25) is 0 Å². The van der Waals surface area contributed by atoms with E-state index in [0.29, 0.717) is 6.54 Å². The van der Waals surface area contributed by atoms with Crippen molar-refractivity contribution >= 4 is 18.1 Å². The molecule has 1 aromatic carbocycles. The molecule has 1 aromatic rings. The van der Waals surface area contributed by atoms with Crippen molar-refractivity contribution in [2.24, 2.45) is 11.5 Å². The molecular weight excluding hydrogens is 222 g/mol. The Morgan fingerprint density at radius 1 is 1.12 bits per heavy atom. The topological polar surface area (TPSA) is 55.3 Å². The van der Waals surface area contributed by atoms with Crippen molar-refractivity contribution in [2.75, 3.05) is 24.5 Å². The van der Waals surface area contributed by atoms with Crippen LogP contribution in [-0.4, -0.2) is 19.6 Å². The maximum absolute atomic E-state index is 5.85. The third kappa shape index (κ3) is 3.67. The second kappa shape index (κ2) is 7.49. The summed E-state index contributed by atoms with van der Waals surface area (Å²) in [7, 11) is 0. The lowest BCUT2D eigenvalue weighted by Gasteiger charge is -2.21. The Morgan fingerprint density at radius 3 is 2.00 bits per heavy atom. The zero-order chi connectivity index (χ0) is 11.3. The number of benzene rings is 1. The van der Waals surface area contributed by atoms with Crippen LogP contribution in [0.2, 0.25) is 0 Å². The molecule has 4 N–H and O–H groups in total. The molecule has 0 bridgehead atoms. The van der Waals surface area contributed by atoms with Gasteiger partial charge in [-0.05, 0) is 31.5 Å². The van der Waals surface area contributed by atoms with E-state index < -0.39 is 0 Å². The molecule has 0 aromatic heterocycles. The van der Waals surface area contributed by atoms with Crippen molar-refractivity contribution in [3.8, 4) is 0 Å². The Kier molecular flexibility index (Phi) is 7.13. The zero-order valence-electron chi connectivity index (χ0n) is 10.0. The molecule has 0 spiro atoms. The standard InChI is InChI=1S/C12H21N3.ClH/c1-3-15(4-2)11-7-5-10(6-8-11)12(14)9-13;/h5-8,12H,3-4,9,13-14H2,1-2H3;1H/t12-;/m0./s1. The SMILES string of the molecule is CCN(CC)c1ccc([C@@H](N)CN)cc1.Cl. The second-order valence-electron chi connectivity index (χ2n) is 3.61. The molecule has 0 saturated heterocycles. The highest BCUT2D eigenvalue weighted by atomic mass is 35.5. The zero-order valence-corrected chi connectivity index (χ0v) is 10.8. The van der Waals surface area contributed by atoms with E-state index in [1.807, 2.05) is 0 Å². The summed E-state index contributed by atoms with van der Waals surface area (Å²) in [6, 6.07) is 8.29. The normalized spacial score (nSPS) is 11.8. The highest BCUT2D eigenvalue weighted by Crippen LogP contribution is 2.17. The van der Waals surface area contributed by atoms with Gasteiger partial charge in [0.2, 0.25) is 0 Å². The van der Waals surface area contributed by atoms with Gasteiger partial charge in [0.25, 0.3) is 0 Å². The van der Waals surface area contributed by atoms with Crippen LogP contribution in [0.5, 0.6) is 0 Å². The Labute approximate surface area is 104 Å². The molecule has 0 unspecified atom stereocenters. The molecule has 4 heteroatoms. The smallest absolute Gasteiger partial charge is 0.0419 e. The number of rotatable bonds is 5. The fourth-order valence-corrected chi connectivity index (χ4v) is 1.66. The molecule has 1 rings (SSSR count). The van der Waals surface area contributed by atoms with Crippen LogP contribution in [-0.2, 0) is 0 Å². The first kappa shape index (κ1) is 15.2. The van der Waals surface area contributed by atoms with Crippen molar-refractivity contribution < 1.29 is 0 Å². The van der Waals surface area contributed by atoms with Crippen molar-refractivity contribution in [1.82, 2.24) is 0 Å². The van der Waals surface area contributed by atoms with Gasteiger partial charge in [-0.25, -0.2) is 0 Å². The van der Waals surface area contributed by atoms with Crippen LogP contribution in [0.3, 0.4) is 0 Å². The number of nitrogens with zero attached hydrogens (tertiary/aromatic N) is 1. The predicted molar refractivity (Wildman–Crippen MR) is 73.2 cm³/mol. The summed E-state index contributed by atoms with van der Waals surface area (Å²) in [4.78, 5) is 2.30. The van der Waals surface area contributed by atoms with E-state index in [4.69, 9.17) is 11.5 Å². The summed E-state index contributed by atoms with van der Waals surface area (Å²) in [5.41, 5.74) is 13.7. The van der Waals surface area contributed by atoms with E-state index >= 15 is 0 Å². The van der Waals surface area contributed by atoms with Crippen LogP contribution in [0.1, 0.15) is 25.5 Å². The Hall–Kier alpha value is -0.770. The van der Waals surface area contributed by atoms with Crippen LogP contribution in [0.25, 0.3) is 0 Å². The van der Waals surface area contributed by atoms with Crippen molar-refractivity contribution in [2.45, 2.75) is 19.9 Å². The van der Waals surface area contributed by atoms with Gasteiger partial charge in [-0.2, -0.15) is 0 Å². The molecule has 0 heterocycles. The van der Waals surface area contributed by atoms with Gasteiger partial charge < -0.3 is 16.4 Å². The maximum atomic E-state index is 5.85. The van der Waals surface area contributed by atoms with Gasteiger partial charge in [0.05, 0.1) is 0 Å². The summed E-state index contributed by atoms with van der Waals surface area (Å²) in [5, 5.41) is 0. The molecular formula is C12H22ClN3. The average molecular weight is 244 g/mol. The van der Waals surface area contributed by atoms with Gasteiger partial charge >= 0.3 is 0 Å². The Bertz CT molecular complexity index is 283. The molecule has 0 aliphatic heterocycles. The number of hydrogen-bond acceptors (Lipinski definition) is 3. The quantitative estimate of drug-likeness (QED) is 0.831. The highest BCUT2D eigenvalue weighted by Gasteiger charge is 2.05. The maximum Gasteiger partial charge on any atom is 0.0419 e. The molecule has 0 fully saturated rings. The first-order chi connectivity index (χ1) is 7.22. The molecule has 0 aliphatic carbocycles. The molecule has 16 heavy (non-hydrogen) atoms. The lowest BCUT2D eigenvalue weighted by atomic mass is 10.1. The summed E-state index contributed by atoms with van der Waals surface area (Å²) in [6.07, 6.45) is 0. The molecule has 1 atom stereocenters. The van der Waals surface area contributed by atoms with Crippen molar-refractivity contribution in [3.05, 3.63) is 29.8 Å². The first-order valence-corrected chi connectivity index (χ1v) is 5.53. The van der Waals surface area contributed by atoms with Crippen LogP contribution in [0.4, 0.5) is 5.69 Å². The van der Waals surface area contributed by atoms with Gasteiger partial charge in [0.15, 0.2) is 0 Å². The fraction of sp³-hybridized carbons (Fsp3) is 0.500. The van der Waals surface area contributed by atoms with E-state index in [-0.39, 0.29) is 18.4 Å². The minimum Gasteiger partial charge on any atom is -0.372 e. The number of nitrogens with two attached hydrogens (primary N) is 2. The van der Waals surface area contributed by atoms with E-state index in [2.05, 4.69) is 43.0 Å². The first-order valence-electron chi connectivity index (χ1n) is 5.53. The third-order valence-corrected chi connectivity index (χ3v) is 2.70. The molecule has 0 aliphatic rings. The summed E-state index contributed by atoms with van der Waals surface area (Å²) in [6.45, 7) is 6.86. The van der Waals surface area contributed by atoms with E-state index in [1.165, 1.54) is 5.69 Å². The van der Waals surface area contributed by atoms with E-state index in [1.54, 1.807) is 0 Å². The number of halogens is 1. The van der Waals surface area contributed by atoms with E-state index in [9.17, 15) is 0 Å². The average Bonchev–Trinajstić information content (AvgIpc) is 2.30. The summed E-state index contributed by atoms with van der Waals surface area (Å²) in [5.74, 6) is 0. The Balaban J connectivity index is 0.00000225. The van der Waals surface area contributed by atoms with Gasteiger partial charge in [-0.15, -0.1) is 12.4 Å². The van der Waals surface area contributed by atoms with Gasteiger partial charge in [0, 0.05) is 31.4 Å². The predicted octanol–water partition coefficient (Wildman–Crippen LogP) is 1.91. The van der Waals surface area contributed by atoms with Crippen molar-refractivity contribution in [1.29, 1.82) is 0 Å². The molecule has 3 nitrogen and oxygen atoms in total. The summed E-state index contributed by atoms with van der Waals surface area (Å²) >= 11 is 0. The fourth-order valence-electron chi connectivity index (χ4n) is 1.66. The minimum atomic E-state index is -0.0456. The van der Waals surface area contributed by atoms with Crippen LogP contribution >= 0.6 is 12.4 Å². The minimum absolute atomic E-state index is 0. The monoisotopic (exact) mass is 243 g/mol. The summed E-state index contributed by atoms with van der Waals surface area (Å²) < 4.78 is 0. The lowest BCUT2D eigenvalue weighted by molar-refractivity contribution is 0.736. The largest absolute Gasteiger partial charge is 0.372 e.